The number of aromatic nitrogens is 2. The number of allylic oxidation sites excluding steroid dienone is 1. The van der Waals surface area contributed by atoms with Crippen LogP contribution in [0.25, 0.3) is 17.0 Å². The van der Waals surface area contributed by atoms with Gasteiger partial charge in [0.05, 0.1) is 25.3 Å². The molecular formula is C28H26N4O3. The smallest absolute Gasteiger partial charge is 0.322 e. The van der Waals surface area contributed by atoms with Crippen LogP contribution in [0, 0.1) is 6.92 Å². The Balaban J connectivity index is 1.59. The average Bonchev–Trinajstić information content (AvgIpc) is 3.37. The number of hydrogen-bond acceptors (Lipinski definition) is 5. The van der Waals surface area contributed by atoms with E-state index in [9.17, 15) is 4.79 Å². The van der Waals surface area contributed by atoms with Gasteiger partial charge in [-0.05, 0) is 25.5 Å². The van der Waals surface area contributed by atoms with Crippen molar-refractivity contribution < 1.29 is 14.1 Å². The summed E-state index contributed by atoms with van der Waals surface area (Å²) in [5, 5.41) is 7.37. The Kier molecular flexibility index (Phi) is 6.06. The quantitative estimate of drug-likeness (QED) is 0.391. The van der Waals surface area contributed by atoms with Crippen molar-refractivity contribution in [3.05, 3.63) is 107 Å². The van der Waals surface area contributed by atoms with E-state index in [1.54, 1.807) is 12.0 Å². The second-order valence-electron chi connectivity index (χ2n) is 8.48. The van der Waals surface area contributed by atoms with E-state index in [0.717, 1.165) is 39.3 Å². The summed E-state index contributed by atoms with van der Waals surface area (Å²) in [7, 11) is 1.62. The van der Waals surface area contributed by atoms with Gasteiger partial charge in [0.2, 0.25) is 5.82 Å². The molecule has 2 heterocycles. The van der Waals surface area contributed by atoms with E-state index < -0.39 is 6.04 Å². The summed E-state index contributed by atoms with van der Waals surface area (Å²) in [5.41, 5.74) is 5.35. The lowest BCUT2D eigenvalue weighted by Gasteiger charge is -2.35. The molecule has 7 nitrogen and oxygen atoms in total. The number of carbonyl (C=O) groups is 1. The molecule has 1 aromatic heterocycles. The standard InChI is InChI=1S/C28H26N4O3/c1-18-13-15-21(16-14-18)26-30-27(35-31-26)24-19(2)32(17-22-11-7-8-12-23(22)34-3)28(33)29-25(24)20-9-5-4-6-10-20/h4-16,25H,17H2,1-3H3,(H,29,33). The highest BCUT2D eigenvalue weighted by atomic mass is 16.5. The Morgan fingerprint density at radius 2 is 1.69 bits per heavy atom. The number of nitrogens with zero attached hydrogens (tertiary/aromatic N) is 3. The molecule has 0 spiro atoms. The van der Waals surface area contributed by atoms with Gasteiger partial charge in [0.15, 0.2) is 0 Å². The van der Waals surface area contributed by atoms with Crippen LogP contribution < -0.4 is 10.1 Å². The van der Waals surface area contributed by atoms with Crippen molar-refractivity contribution in [2.24, 2.45) is 0 Å². The minimum atomic E-state index is -0.427. The maximum absolute atomic E-state index is 13.3. The highest BCUT2D eigenvalue weighted by Crippen LogP contribution is 2.38. The Hall–Kier alpha value is -4.39. The highest BCUT2D eigenvalue weighted by Gasteiger charge is 2.36. The molecular weight excluding hydrogens is 440 g/mol. The fourth-order valence-corrected chi connectivity index (χ4v) is 4.30. The lowest BCUT2D eigenvalue weighted by molar-refractivity contribution is 0.202. The van der Waals surface area contributed by atoms with Crippen molar-refractivity contribution in [3.63, 3.8) is 0 Å². The van der Waals surface area contributed by atoms with Crippen LogP contribution in [0.4, 0.5) is 4.79 Å². The molecule has 0 fully saturated rings. The summed E-state index contributed by atoms with van der Waals surface area (Å²) < 4.78 is 11.3. The Bertz CT molecular complexity index is 1380. The molecule has 1 atom stereocenters. The minimum absolute atomic E-state index is 0.204. The number of benzene rings is 3. The van der Waals surface area contributed by atoms with Gasteiger partial charge in [-0.15, -0.1) is 0 Å². The number of carbonyl (C=O) groups excluding carboxylic acids is 1. The first kappa shape index (κ1) is 22.4. The molecule has 0 saturated carbocycles. The van der Waals surface area contributed by atoms with E-state index in [-0.39, 0.29) is 6.03 Å². The molecule has 0 bridgehead atoms. The van der Waals surface area contributed by atoms with Gasteiger partial charge >= 0.3 is 6.03 Å². The topological polar surface area (TPSA) is 80.5 Å². The van der Waals surface area contributed by atoms with Crippen molar-refractivity contribution >= 4 is 11.6 Å². The maximum Gasteiger partial charge on any atom is 0.322 e. The lowest BCUT2D eigenvalue weighted by Crippen LogP contribution is -2.45. The first-order valence-electron chi connectivity index (χ1n) is 11.4. The molecule has 176 valence electrons. The van der Waals surface area contributed by atoms with Gasteiger partial charge in [0.1, 0.15) is 5.75 Å². The number of ether oxygens (including phenoxy) is 1. The first-order chi connectivity index (χ1) is 17.0. The van der Waals surface area contributed by atoms with Gasteiger partial charge in [0, 0.05) is 16.8 Å². The lowest BCUT2D eigenvalue weighted by atomic mass is 9.94. The molecule has 5 rings (SSSR count). The number of nitrogens with one attached hydrogen (secondary N) is 1. The molecule has 0 aliphatic carbocycles. The number of methoxy groups -OCH3 is 1. The summed E-state index contributed by atoms with van der Waals surface area (Å²) >= 11 is 0. The zero-order chi connectivity index (χ0) is 24.4. The Morgan fingerprint density at radius 3 is 2.43 bits per heavy atom. The SMILES string of the molecule is COc1ccccc1CN1C(=O)NC(c2ccccc2)C(c2nc(-c3ccc(C)cc3)no2)=C1C. The Morgan fingerprint density at radius 1 is 0.971 bits per heavy atom. The zero-order valence-corrected chi connectivity index (χ0v) is 19.9. The monoisotopic (exact) mass is 466 g/mol. The molecule has 1 aliphatic heterocycles. The molecule has 0 saturated heterocycles. The largest absolute Gasteiger partial charge is 0.496 e. The van der Waals surface area contributed by atoms with Gasteiger partial charge < -0.3 is 14.6 Å². The van der Waals surface area contributed by atoms with Crippen LogP contribution >= 0.6 is 0 Å². The van der Waals surface area contributed by atoms with Gasteiger partial charge in [-0.25, -0.2) is 4.79 Å². The predicted octanol–water partition coefficient (Wildman–Crippen LogP) is 5.75. The van der Waals surface area contributed by atoms with Crippen LogP contribution in [0.5, 0.6) is 5.75 Å². The van der Waals surface area contributed by atoms with Crippen molar-refractivity contribution in [1.82, 2.24) is 20.4 Å². The number of urea groups is 1. The molecule has 35 heavy (non-hydrogen) atoms. The average molecular weight is 467 g/mol. The van der Waals surface area contributed by atoms with Crippen LogP contribution in [0.3, 0.4) is 0 Å². The second kappa shape index (κ2) is 9.46. The van der Waals surface area contributed by atoms with Gasteiger partial charge in [-0.1, -0.05) is 83.5 Å². The fraction of sp³-hybridized carbons (Fsp3) is 0.179. The normalized spacial score (nSPS) is 15.8. The predicted molar refractivity (Wildman–Crippen MR) is 133 cm³/mol. The van der Waals surface area contributed by atoms with Crippen LogP contribution in [0.2, 0.25) is 0 Å². The van der Waals surface area contributed by atoms with E-state index in [0.29, 0.717) is 18.3 Å². The molecule has 1 N–H and O–H groups in total. The van der Waals surface area contributed by atoms with E-state index >= 15 is 0 Å². The number of para-hydroxylation sites is 1. The van der Waals surface area contributed by atoms with E-state index in [4.69, 9.17) is 14.2 Å². The van der Waals surface area contributed by atoms with Crippen LogP contribution in [-0.2, 0) is 6.54 Å². The summed E-state index contributed by atoms with van der Waals surface area (Å²) in [6.07, 6.45) is 0. The highest BCUT2D eigenvalue weighted by molar-refractivity contribution is 5.87. The third kappa shape index (κ3) is 4.40. The fourth-order valence-electron chi connectivity index (χ4n) is 4.30. The molecule has 7 heteroatoms. The van der Waals surface area contributed by atoms with Gasteiger partial charge in [-0.3, -0.25) is 4.90 Å². The third-order valence-corrected chi connectivity index (χ3v) is 6.22. The minimum Gasteiger partial charge on any atom is -0.496 e. The summed E-state index contributed by atoms with van der Waals surface area (Å²) in [5.74, 6) is 1.59. The first-order valence-corrected chi connectivity index (χ1v) is 11.4. The van der Waals surface area contributed by atoms with Crippen LogP contribution in [-0.4, -0.2) is 28.2 Å². The zero-order valence-electron chi connectivity index (χ0n) is 19.9. The van der Waals surface area contributed by atoms with Crippen molar-refractivity contribution in [2.45, 2.75) is 26.4 Å². The Labute approximate surface area is 204 Å². The van der Waals surface area contributed by atoms with Crippen molar-refractivity contribution in [3.8, 4) is 17.1 Å². The van der Waals surface area contributed by atoms with Crippen molar-refractivity contribution in [1.29, 1.82) is 0 Å². The molecule has 3 aromatic carbocycles. The number of amides is 2. The summed E-state index contributed by atoms with van der Waals surface area (Å²) in [4.78, 5) is 19.7. The van der Waals surface area contributed by atoms with E-state index in [2.05, 4.69) is 10.5 Å². The third-order valence-electron chi connectivity index (χ3n) is 6.22. The summed E-state index contributed by atoms with van der Waals surface area (Å²) in [6.45, 7) is 4.28. The number of aryl methyl sites for hydroxylation is 1. The molecule has 2 amide bonds. The molecule has 4 aromatic rings. The number of hydrogen-bond donors (Lipinski definition) is 1. The number of rotatable bonds is 6. The molecule has 1 unspecified atom stereocenters. The molecule has 0 radical (unpaired) electrons. The van der Waals surface area contributed by atoms with Crippen molar-refractivity contribution in [2.75, 3.05) is 7.11 Å². The molecule has 1 aliphatic rings. The maximum atomic E-state index is 13.3. The van der Waals surface area contributed by atoms with E-state index in [1.807, 2.05) is 92.7 Å². The second-order valence-corrected chi connectivity index (χ2v) is 8.48. The van der Waals surface area contributed by atoms with Crippen LogP contribution in [0.15, 0.2) is 89.1 Å². The van der Waals surface area contributed by atoms with E-state index in [1.165, 1.54) is 0 Å². The van der Waals surface area contributed by atoms with Gasteiger partial charge in [0.25, 0.3) is 5.89 Å². The van der Waals surface area contributed by atoms with Gasteiger partial charge in [-0.2, -0.15) is 4.98 Å². The van der Waals surface area contributed by atoms with Crippen LogP contribution in [0.1, 0.15) is 35.5 Å². The summed E-state index contributed by atoms with van der Waals surface area (Å²) in [6, 6.07) is 24.8.